The van der Waals surface area contributed by atoms with Crippen LogP contribution in [0.5, 0.6) is 0 Å². The van der Waals surface area contributed by atoms with Gasteiger partial charge in [0, 0.05) is 50.9 Å². The minimum atomic E-state index is 0.139. The van der Waals surface area contributed by atoms with Gasteiger partial charge in [0.15, 0.2) is 5.96 Å². The van der Waals surface area contributed by atoms with E-state index in [0.717, 1.165) is 51.5 Å². The second-order valence-electron chi connectivity index (χ2n) is 7.70. The van der Waals surface area contributed by atoms with Crippen LogP contribution >= 0.6 is 0 Å². The van der Waals surface area contributed by atoms with Crippen LogP contribution in [0.25, 0.3) is 0 Å². The van der Waals surface area contributed by atoms with Crippen LogP contribution in [0.3, 0.4) is 0 Å². The van der Waals surface area contributed by atoms with E-state index in [2.05, 4.69) is 57.7 Å². The molecule has 28 heavy (non-hydrogen) atoms. The Bertz CT molecular complexity index is 619. The molecule has 6 nitrogen and oxygen atoms in total. The number of carbonyl (C=O) groups excluding carboxylic acids is 1. The van der Waals surface area contributed by atoms with Crippen LogP contribution < -0.4 is 15.5 Å². The van der Waals surface area contributed by atoms with Gasteiger partial charge in [0.05, 0.1) is 6.54 Å². The van der Waals surface area contributed by atoms with Gasteiger partial charge in [0.1, 0.15) is 0 Å². The molecule has 0 atom stereocenters. The lowest BCUT2D eigenvalue weighted by atomic mass is 9.95. The van der Waals surface area contributed by atoms with Crippen LogP contribution in [0.1, 0.15) is 45.4 Å². The lowest BCUT2D eigenvalue weighted by Gasteiger charge is -2.37. The monoisotopic (exact) mass is 385 g/mol. The molecule has 1 aliphatic carbocycles. The molecule has 1 aliphatic heterocycles. The lowest BCUT2D eigenvalue weighted by Crippen LogP contribution is -2.52. The molecule has 2 fully saturated rings. The second kappa shape index (κ2) is 10.9. The minimum absolute atomic E-state index is 0.139. The van der Waals surface area contributed by atoms with E-state index in [9.17, 15) is 4.79 Å². The van der Waals surface area contributed by atoms with Crippen molar-refractivity contribution >= 4 is 17.6 Å². The third kappa shape index (κ3) is 6.14. The number of hydrogen-bond donors (Lipinski definition) is 2. The molecule has 2 aliphatic rings. The summed E-state index contributed by atoms with van der Waals surface area (Å²) >= 11 is 0. The van der Waals surface area contributed by atoms with Gasteiger partial charge in [0.25, 0.3) is 0 Å². The quantitative estimate of drug-likeness (QED) is 0.584. The van der Waals surface area contributed by atoms with E-state index in [1.807, 2.05) is 0 Å². The number of anilines is 1. The van der Waals surface area contributed by atoms with Gasteiger partial charge in [0.2, 0.25) is 5.91 Å². The van der Waals surface area contributed by atoms with Crippen LogP contribution in [0.2, 0.25) is 0 Å². The van der Waals surface area contributed by atoms with E-state index >= 15 is 0 Å². The smallest absolute Gasteiger partial charge is 0.222 e. The number of piperazine rings is 1. The van der Waals surface area contributed by atoms with Crippen LogP contribution in [-0.4, -0.2) is 62.1 Å². The average molecular weight is 386 g/mol. The van der Waals surface area contributed by atoms with Gasteiger partial charge in [-0.1, -0.05) is 37.5 Å². The van der Waals surface area contributed by atoms with Gasteiger partial charge in [-0.2, -0.15) is 0 Å². The molecule has 1 heterocycles. The maximum atomic E-state index is 12.2. The minimum Gasteiger partial charge on any atom is -0.368 e. The largest absolute Gasteiger partial charge is 0.368 e. The highest BCUT2D eigenvalue weighted by molar-refractivity contribution is 5.81. The van der Waals surface area contributed by atoms with E-state index in [0.29, 0.717) is 19.0 Å². The Kier molecular flexibility index (Phi) is 8.00. The predicted molar refractivity (Wildman–Crippen MR) is 116 cm³/mol. The highest BCUT2D eigenvalue weighted by Crippen LogP contribution is 2.17. The van der Waals surface area contributed by atoms with Crippen molar-refractivity contribution in [3.63, 3.8) is 0 Å². The van der Waals surface area contributed by atoms with E-state index in [1.165, 1.54) is 24.9 Å². The Morgan fingerprint density at radius 3 is 2.46 bits per heavy atom. The number of rotatable bonds is 6. The number of guanidine groups is 1. The van der Waals surface area contributed by atoms with Crippen molar-refractivity contribution in [2.24, 2.45) is 4.99 Å². The Balaban J connectivity index is 1.45. The molecule has 0 spiro atoms. The fourth-order valence-corrected chi connectivity index (χ4v) is 4.05. The fraction of sp³-hybridized carbons (Fsp3) is 0.636. The summed E-state index contributed by atoms with van der Waals surface area (Å²) in [4.78, 5) is 21.6. The van der Waals surface area contributed by atoms with E-state index in [1.54, 1.807) is 0 Å². The van der Waals surface area contributed by atoms with E-state index in [-0.39, 0.29) is 5.91 Å². The molecule has 154 valence electrons. The molecular weight excluding hydrogens is 350 g/mol. The third-order valence-corrected chi connectivity index (χ3v) is 5.61. The summed E-state index contributed by atoms with van der Waals surface area (Å²) in [6, 6.07) is 10.9. The van der Waals surface area contributed by atoms with Gasteiger partial charge in [-0.3, -0.25) is 9.79 Å². The number of amides is 1. The maximum Gasteiger partial charge on any atom is 0.222 e. The summed E-state index contributed by atoms with van der Waals surface area (Å²) in [5.74, 6) is 1.07. The van der Waals surface area contributed by atoms with Gasteiger partial charge >= 0.3 is 0 Å². The highest BCUT2D eigenvalue weighted by atomic mass is 16.1. The molecule has 6 heteroatoms. The van der Waals surface area contributed by atoms with Gasteiger partial charge in [-0.05, 0) is 31.9 Å². The van der Waals surface area contributed by atoms with E-state index in [4.69, 9.17) is 4.99 Å². The summed E-state index contributed by atoms with van der Waals surface area (Å²) in [5, 5.41) is 6.57. The van der Waals surface area contributed by atoms with Crippen molar-refractivity contribution in [2.75, 3.05) is 44.2 Å². The first-order chi connectivity index (χ1) is 13.8. The maximum absolute atomic E-state index is 12.2. The molecule has 2 N–H and O–H groups in total. The van der Waals surface area contributed by atoms with Crippen LogP contribution in [0, 0.1) is 0 Å². The zero-order chi connectivity index (χ0) is 19.6. The number of nitrogens with one attached hydrogen (secondary N) is 2. The molecule has 1 saturated carbocycles. The first-order valence-electron chi connectivity index (χ1n) is 10.9. The molecule has 0 unspecified atom stereocenters. The number of aliphatic imine (C=N–C) groups is 1. The van der Waals surface area contributed by atoms with Crippen molar-refractivity contribution in [1.29, 1.82) is 0 Å². The molecule has 0 radical (unpaired) electrons. The summed E-state index contributed by atoms with van der Waals surface area (Å²) in [7, 11) is 0. The Morgan fingerprint density at radius 2 is 1.79 bits per heavy atom. The van der Waals surface area contributed by atoms with Gasteiger partial charge in [-0.25, -0.2) is 0 Å². The SMILES string of the molecule is CCNC(=NCCC(=O)NC1CCCCC1)N1CCN(c2ccccc2)CC1. The van der Waals surface area contributed by atoms with Crippen molar-refractivity contribution in [3.05, 3.63) is 30.3 Å². The molecule has 1 saturated heterocycles. The summed E-state index contributed by atoms with van der Waals surface area (Å²) in [5.41, 5.74) is 1.28. The molecule has 0 bridgehead atoms. The summed E-state index contributed by atoms with van der Waals surface area (Å²) < 4.78 is 0. The zero-order valence-corrected chi connectivity index (χ0v) is 17.2. The number of nitrogens with zero attached hydrogens (tertiary/aromatic N) is 3. The van der Waals surface area contributed by atoms with Crippen molar-refractivity contribution < 1.29 is 4.79 Å². The zero-order valence-electron chi connectivity index (χ0n) is 17.2. The number of hydrogen-bond acceptors (Lipinski definition) is 3. The molecule has 1 aromatic rings. The number of para-hydroxylation sites is 1. The second-order valence-corrected chi connectivity index (χ2v) is 7.70. The summed E-state index contributed by atoms with van der Waals surface area (Å²) in [6.45, 7) is 7.31. The van der Waals surface area contributed by atoms with Gasteiger partial charge in [-0.15, -0.1) is 0 Å². The highest BCUT2D eigenvalue weighted by Gasteiger charge is 2.20. The average Bonchev–Trinajstić information content (AvgIpc) is 2.75. The number of carbonyl (C=O) groups is 1. The standard InChI is InChI=1S/C22H35N5O/c1-2-23-22(24-14-13-21(28)25-19-9-5-3-6-10-19)27-17-15-26(16-18-27)20-11-7-4-8-12-20/h4,7-8,11-12,19H,2-3,5-6,9-10,13-18H2,1H3,(H,23,24)(H,25,28). The topological polar surface area (TPSA) is 60.0 Å². The van der Waals surface area contributed by atoms with Crippen LogP contribution in [0.4, 0.5) is 5.69 Å². The molecule has 1 amide bonds. The fourth-order valence-electron chi connectivity index (χ4n) is 4.05. The molecule has 3 rings (SSSR count). The molecule has 0 aromatic heterocycles. The van der Waals surface area contributed by atoms with Gasteiger partial charge < -0.3 is 20.4 Å². The first kappa shape index (κ1) is 20.5. The predicted octanol–water partition coefficient (Wildman–Crippen LogP) is 2.61. The molecular formula is C22H35N5O. The van der Waals surface area contributed by atoms with Crippen molar-refractivity contribution in [1.82, 2.24) is 15.5 Å². The van der Waals surface area contributed by atoms with Crippen LogP contribution in [0.15, 0.2) is 35.3 Å². The Hall–Kier alpha value is -2.24. The Morgan fingerprint density at radius 1 is 1.07 bits per heavy atom. The first-order valence-corrected chi connectivity index (χ1v) is 10.9. The van der Waals surface area contributed by atoms with Crippen molar-refractivity contribution in [2.45, 2.75) is 51.5 Å². The Labute approximate surface area is 169 Å². The lowest BCUT2D eigenvalue weighted by molar-refractivity contribution is -0.121. The van der Waals surface area contributed by atoms with Crippen molar-refractivity contribution in [3.8, 4) is 0 Å². The normalized spacial score (nSPS) is 18.8. The van der Waals surface area contributed by atoms with E-state index < -0.39 is 0 Å². The third-order valence-electron chi connectivity index (χ3n) is 5.61. The van der Waals surface area contributed by atoms with Crippen LogP contribution in [-0.2, 0) is 4.79 Å². The molecule has 1 aromatic carbocycles. The summed E-state index contributed by atoms with van der Waals surface area (Å²) in [6.07, 6.45) is 6.51. The number of benzene rings is 1.